The van der Waals surface area contributed by atoms with E-state index in [9.17, 15) is 14.7 Å². The van der Waals surface area contributed by atoms with Crippen molar-refractivity contribution < 1.29 is 24.2 Å². The van der Waals surface area contributed by atoms with Gasteiger partial charge in [-0.2, -0.15) is 0 Å². The Labute approximate surface area is 167 Å². The van der Waals surface area contributed by atoms with Gasteiger partial charge in [0.15, 0.2) is 11.5 Å². The molecule has 0 aliphatic carbocycles. The maximum atomic E-state index is 12.9. The highest BCUT2D eigenvalue weighted by Crippen LogP contribution is 2.39. The van der Waals surface area contributed by atoms with E-state index >= 15 is 0 Å². The van der Waals surface area contributed by atoms with E-state index in [4.69, 9.17) is 9.47 Å². The number of ether oxygens (including phenoxy) is 2. The molecular weight excluding hydrogens is 358 g/mol. The minimum atomic E-state index is -0.619. The van der Waals surface area contributed by atoms with Gasteiger partial charge in [-0.15, -0.1) is 0 Å². The minimum absolute atomic E-state index is 0.00394. The number of carbonyl (C=O) groups is 2. The summed E-state index contributed by atoms with van der Waals surface area (Å²) in [4.78, 5) is 27.2. The molecule has 1 N–H and O–H groups in total. The molecule has 1 aliphatic heterocycles. The molecule has 0 spiro atoms. The lowest BCUT2D eigenvalue weighted by atomic mass is 9.92. The summed E-state index contributed by atoms with van der Waals surface area (Å²) in [7, 11) is 1.60. The number of ketones is 1. The molecule has 0 bridgehead atoms. The Morgan fingerprint density at radius 2 is 1.96 bits per heavy atom. The molecule has 0 aromatic heterocycles. The highest BCUT2D eigenvalue weighted by Gasteiger charge is 2.43. The third kappa shape index (κ3) is 5.13. The molecular formula is C22H31NO5. The largest absolute Gasteiger partial charge is 0.503 e. The van der Waals surface area contributed by atoms with Crippen LogP contribution >= 0.6 is 0 Å². The van der Waals surface area contributed by atoms with Crippen molar-refractivity contribution in [2.45, 2.75) is 52.7 Å². The Hall–Kier alpha value is -2.34. The smallest absolute Gasteiger partial charge is 0.290 e. The Kier molecular flexibility index (Phi) is 7.63. The van der Waals surface area contributed by atoms with Crippen molar-refractivity contribution in [3.8, 4) is 5.75 Å². The molecule has 2 rings (SSSR count). The van der Waals surface area contributed by atoms with Crippen molar-refractivity contribution in [2.75, 3.05) is 20.3 Å². The Morgan fingerprint density at radius 1 is 1.25 bits per heavy atom. The van der Waals surface area contributed by atoms with Crippen LogP contribution in [0.2, 0.25) is 0 Å². The number of nitrogens with zero attached hydrogens (tertiary/aromatic N) is 1. The van der Waals surface area contributed by atoms with Gasteiger partial charge >= 0.3 is 0 Å². The first-order valence-electron chi connectivity index (χ1n) is 9.79. The van der Waals surface area contributed by atoms with Gasteiger partial charge in [0.2, 0.25) is 0 Å². The zero-order chi connectivity index (χ0) is 20.8. The zero-order valence-corrected chi connectivity index (χ0v) is 17.4. The van der Waals surface area contributed by atoms with E-state index in [1.807, 2.05) is 52.0 Å². The number of benzene rings is 1. The van der Waals surface area contributed by atoms with E-state index in [0.717, 1.165) is 5.56 Å². The maximum absolute atomic E-state index is 12.9. The topological polar surface area (TPSA) is 76.1 Å². The fourth-order valence-electron chi connectivity index (χ4n) is 3.41. The number of amides is 1. The lowest BCUT2D eigenvalue weighted by Crippen LogP contribution is -2.32. The number of rotatable bonds is 10. The number of hydrogen-bond donors (Lipinski definition) is 1. The summed E-state index contributed by atoms with van der Waals surface area (Å²) in [6.45, 7) is 8.62. The molecule has 154 valence electrons. The van der Waals surface area contributed by atoms with Crippen LogP contribution in [0.1, 0.15) is 52.1 Å². The highest BCUT2D eigenvalue weighted by atomic mass is 16.5. The molecule has 1 aromatic rings. The van der Waals surface area contributed by atoms with Crippen molar-refractivity contribution >= 4 is 11.7 Å². The van der Waals surface area contributed by atoms with Crippen LogP contribution in [-0.2, 0) is 14.3 Å². The average molecular weight is 389 g/mol. The summed E-state index contributed by atoms with van der Waals surface area (Å²) < 4.78 is 10.9. The van der Waals surface area contributed by atoms with Crippen LogP contribution in [0.3, 0.4) is 0 Å². The number of Topliss-reactive ketones (excluding diaryl/α,β-unsaturated/α-hetero) is 1. The standard InChI is InChI=1S/C22H31NO5/c1-14(2)12-18(24)19-20(16-8-6-9-17(13-16)28-15(3)4)23(10-7-11-27-5)22(26)21(19)25/h6,8-9,13-15,20,25H,7,10-12H2,1-5H3. The van der Waals surface area contributed by atoms with Gasteiger partial charge in [-0.05, 0) is 43.9 Å². The third-order valence-electron chi connectivity index (χ3n) is 4.49. The van der Waals surface area contributed by atoms with Crippen molar-refractivity contribution in [3.05, 3.63) is 41.2 Å². The summed E-state index contributed by atoms with van der Waals surface area (Å²) in [5, 5.41) is 10.5. The zero-order valence-electron chi connectivity index (χ0n) is 17.4. The third-order valence-corrected chi connectivity index (χ3v) is 4.49. The molecule has 1 amide bonds. The molecule has 6 nitrogen and oxygen atoms in total. The predicted molar refractivity (Wildman–Crippen MR) is 107 cm³/mol. The number of aliphatic hydroxyl groups is 1. The summed E-state index contributed by atoms with van der Waals surface area (Å²) in [6, 6.07) is 6.75. The Bertz CT molecular complexity index is 738. The van der Waals surface area contributed by atoms with Gasteiger partial charge in [-0.3, -0.25) is 9.59 Å². The van der Waals surface area contributed by atoms with Crippen LogP contribution in [0.15, 0.2) is 35.6 Å². The van der Waals surface area contributed by atoms with Crippen LogP contribution in [0, 0.1) is 5.92 Å². The van der Waals surface area contributed by atoms with Crippen molar-refractivity contribution in [3.63, 3.8) is 0 Å². The van der Waals surface area contributed by atoms with Gasteiger partial charge in [0, 0.05) is 26.7 Å². The second-order valence-electron chi connectivity index (χ2n) is 7.77. The summed E-state index contributed by atoms with van der Waals surface area (Å²) in [6.07, 6.45) is 0.890. The lowest BCUT2D eigenvalue weighted by molar-refractivity contribution is -0.129. The fraction of sp³-hybridized carbons (Fsp3) is 0.545. The lowest BCUT2D eigenvalue weighted by Gasteiger charge is -2.27. The summed E-state index contributed by atoms with van der Waals surface area (Å²) >= 11 is 0. The first kappa shape index (κ1) is 22.0. The van der Waals surface area contributed by atoms with Gasteiger partial charge in [0.25, 0.3) is 5.91 Å². The molecule has 0 radical (unpaired) electrons. The Morgan fingerprint density at radius 3 is 2.57 bits per heavy atom. The molecule has 28 heavy (non-hydrogen) atoms. The first-order valence-corrected chi connectivity index (χ1v) is 9.79. The van der Waals surface area contributed by atoms with Crippen molar-refractivity contribution in [1.29, 1.82) is 0 Å². The molecule has 1 aromatic carbocycles. The van der Waals surface area contributed by atoms with Crippen LogP contribution in [0.5, 0.6) is 5.75 Å². The molecule has 0 saturated carbocycles. The predicted octanol–water partition coefficient (Wildman–Crippen LogP) is 3.82. The van der Waals surface area contributed by atoms with E-state index in [2.05, 4.69) is 0 Å². The molecule has 1 aliphatic rings. The van der Waals surface area contributed by atoms with Gasteiger partial charge in [0.1, 0.15) is 5.75 Å². The Balaban J connectivity index is 2.44. The van der Waals surface area contributed by atoms with Crippen molar-refractivity contribution in [1.82, 2.24) is 4.90 Å². The average Bonchev–Trinajstić information content (AvgIpc) is 2.86. The van der Waals surface area contributed by atoms with Gasteiger partial charge < -0.3 is 19.5 Å². The SMILES string of the molecule is COCCCN1C(=O)C(O)=C(C(=O)CC(C)C)C1c1cccc(OC(C)C)c1. The van der Waals surface area contributed by atoms with E-state index in [1.165, 1.54) is 0 Å². The van der Waals surface area contributed by atoms with Gasteiger partial charge in [-0.25, -0.2) is 0 Å². The molecule has 1 unspecified atom stereocenters. The van der Waals surface area contributed by atoms with Crippen LogP contribution in [-0.4, -0.2) is 48.1 Å². The summed E-state index contributed by atoms with van der Waals surface area (Å²) in [5.74, 6) is -0.359. The van der Waals surface area contributed by atoms with E-state index in [1.54, 1.807) is 12.0 Å². The van der Waals surface area contributed by atoms with Crippen LogP contribution < -0.4 is 4.74 Å². The normalized spacial score (nSPS) is 17.2. The minimum Gasteiger partial charge on any atom is -0.503 e. The quantitative estimate of drug-likeness (QED) is 0.616. The molecule has 6 heteroatoms. The number of hydrogen-bond acceptors (Lipinski definition) is 5. The molecule has 0 fully saturated rings. The maximum Gasteiger partial charge on any atom is 0.290 e. The first-order chi connectivity index (χ1) is 13.3. The van der Waals surface area contributed by atoms with E-state index in [0.29, 0.717) is 25.3 Å². The van der Waals surface area contributed by atoms with Gasteiger partial charge in [-0.1, -0.05) is 26.0 Å². The van der Waals surface area contributed by atoms with E-state index < -0.39 is 17.7 Å². The van der Waals surface area contributed by atoms with Crippen LogP contribution in [0.4, 0.5) is 0 Å². The van der Waals surface area contributed by atoms with Crippen molar-refractivity contribution in [2.24, 2.45) is 5.92 Å². The molecule has 0 saturated heterocycles. The van der Waals surface area contributed by atoms with Gasteiger partial charge in [0.05, 0.1) is 17.7 Å². The molecule has 1 atom stereocenters. The number of methoxy groups -OCH3 is 1. The molecule has 1 heterocycles. The summed E-state index contributed by atoms with van der Waals surface area (Å²) in [5.41, 5.74) is 0.929. The number of aliphatic hydroxyl groups excluding tert-OH is 1. The second-order valence-corrected chi connectivity index (χ2v) is 7.77. The van der Waals surface area contributed by atoms with E-state index in [-0.39, 0.29) is 29.8 Å². The van der Waals surface area contributed by atoms with Crippen LogP contribution in [0.25, 0.3) is 0 Å². The fourth-order valence-corrected chi connectivity index (χ4v) is 3.41. The number of carbonyl (C=O) groups excluding carboxylic acids is 2. The monoisotopic (exact) mass is 389 g/mol. The highest BCUT2D eigenvalue weighted by molar-refractivity contribution is 6.09. The second kappa shape index (κ2) is 9.73.